The summed E-state index contributed by atoms with van der Waals surface area (Å²) in [6.45, 7) is 6.02. The molecule has 1 heterocycles. The van der Waals surface area contributed by atoms with Crippen molar-refractivity contribution in [3.05, 3.63) is 0 Å². The minimum absolute atomic E-state index is 0.372. The van der Waals surface area contributed by atoms with Crippen LogP contribution < -0.4 is 5.32 Å². The Morgan fingerprint density at radius 2 is 2.16 bits per heavy atom. The molecule has 1 aliphatic heterocycles. The van der Waals surface area contributed by atoms with Gasteiger partial charge in [-0.25, -0.2) is 0 Å². The Morgan fingerprint density at radius 3 is 2.95 bits per heavy atom. The topological polar surface area (TPSA) is 30.5 Å². The van der Waals surface area contributed by atoms with Crippen LogP contribution in [-0.4, -0.2) is 38.5 Å². The lowest BCUT2D eigenvalue weighted by Crippen LogP contribution is -2.35. The van der Waals surface area contributed by atoms with Crippen LogP contribution in [0.2, 0.25) is 0 Å². The maximum Gasteiger partial charge on any atom is 0.0809 e. The van der Waals surface area contributed by atoms with E-state index in [2.05, 4.69) is 12.2 Å². The van der Waals surface area contributed by atoms with Gasteiger partial charge >= 0.3 is 0 Å². The van der Waals surface area contributed by atoms with Crippen LogP contribution in [0.3, 0.4) is 0 Å². The smallest absolute Gasteiger partial charge is 0.0809 e. The first kappa shape index (κ1) is 15.3. The minimum Gasteiger partial charge on any atom is -0.379 e. The van der Waals surface area contributed by atoms with Crippen molar-refractivity contribution in [3.63, 3.8) is 0 Å². The molecule has 1 aliphatic carbocycles. The quantitative estimate of drug-likeness (QED) is 0.687. The fraction of sp³-hybridized carbons (Fsp3) is 1.00. The molecule has 0 spiro atoms. The van der Waals surface area contributed by atoms with Crippen LogP contribution in [0.1, 0.15) is 58.3 Å². The van der Waals surface area contributed by atoms with Crippen molar-refractivity contribution in [1.29, 1.82) is 0 Å². The molecule has 0 bridgehead atoms. The first-order valence-corrected chi connectivity index (χ1v) is 8.31. The van der Waals surface area contributed by atoms with Crippen LogP contribution in [0.4, 0.5) is 0 Å². The monoisotopic (exact) mass is 269 g/mol. The third kappa shape index (κ3) is 5.80. The maximum atomic E-state index is 5.68. The predicted octanol–water partition coefficient (Wildman–Crippen LogP) is 3.13. The first-order valence-electron chi connectivity index (χ1n) is 8.31. The van der Waals surface area contributed by atoms with E-state index in [0.717, 1.165) is 44.7 Å². The lowest BCUT2D eigenvalue weighted by atomic mass is 9.84. The normalized spacial score (nSPS) is 31.7. The molecular weight excluding hydrogens is 238 g/mol. The van der Waals surface area contributed by atoms with Gasteiger partial charge in [-0.1, -0.05) is 26.2 Å². The summed E-state index contributed by atoms with van der Waals surface area (Å²) in [6, 6.07) is 0.761. The SMILES string of the molecule is CCC1CCCC(NCCCOCC2CCCO2)C1. The number of ether oxygens (including phenoxy) is 2. The Labute approximate surface area is 118 Å². The minimum atomic E-state index is 0.372. The summed E-state index contributed by atoms with van der Waals surface area (Å²) in [7, 11) is 0. The Kier molecular flexibility index (Phi) is 7.18. The van der Waals surface area contributed by atoms with Crippen molar-refractivity contribution >= 4 is 0 Å². The van der Waals surface area contributed by atoms with E-state index in [9.17, 15) is 0 Å². The van der Waals surface area contributed by atoms with Crippen molar-refractivity contribution in [2.45, 2.75) is 70.4 Å². The summed E-state index contributed by atoms with van der Waals surface area (Å²) in [4.78, 5) is 0. The highest BCUT2D eigenvalue weighted by Gasteiger charge is 2.19. The molecular formula is C16H31NO2. The summed E-state index contributed by atoms with van der Waals surface area (Å²) in [6.07, 6.45) is 10.8. The van der Waals surface area contributed by atoms with Gasteiger partial charge in [0.1, 0.15) is 0 Å². The molecule has 3 atom stereocenters. The largest absolute Gasteiger partial charge is 0.379 e. The lowest BCUT2D eigenvalue weighted by molar-refractivity contribution is 0.0164. The molecule has 0 amide bonds. The molecule has 2 rings (SSSR count). The van der Waals surface area contributed by atoms with E-state index in [4.69, 9.17) is 9.47 Å². The number of nitrogens with one attached hydrogen (secondary N) is 1. The van der Waals surface area contributed by atoms with Gasteiger partial charge in [0.05, 0.1) is 12.7 Å². The molecule has 1 N–H and O–H groups in total. The Morgan fingerprint density at radius 1 is 1.21 bits per heavy atom. The van der Waals surface area contributed by atoms with E-state index in [0.29, 0.717) is 6.10 Å². The van der Waals surface area contributed by atoms with Gasteiger partial charge in [-0.05, 0) is 44.6 Å². The van der Waals surface area contributed by atoms with E-state index in [-0.39, 0.29) is 0 Å². The number of rotatable bonds is 8. The van der Waals surface area contributed by atoms with E-state index in [1.165, 1.54) is 44.9 Å². The van der Waals surface area contributed by atoms with E-state index in [1.54, 1.807) is 0 Å². The van der Waals surface area contributed by atoms with Crippen molar-refractivity contribution < 1.29 is 9.47 Å². The van der Waals surface area contributed by atoms with Crippen molar-refractivity contribution in [3.8, 4) is 0 Å². The standard InChI is InChI=1S/C16H31NO2/c1-2-14-6-3-7-15(12-14)17-9-5-10-18-13-16-8-4-11-19-16/h14-17H,2-13H2,1H3. The second-order valence-corrected chi connectivity index (χ2v) is 6.16. The third-order valence-electron chi connectivity index (χ3n) is 4.59. The molecule has 19 heavy (non-hydrogen) atoms. The fourth-order valence-electron chi connectivity index (χ4n) is 3.32. The van der Waals surface area contributed by atoms with Crippen LogP contribution in [-0.2, 0) is 9.47 Å². The molecule has 0 aromatic heterocycles. The van der Waals surface area contributed by atoms with Crippen molar-refractivity contribution in [2.75, 3.05) is 26.4 Å². The molecule has 3 unspecified atom stereocenters. The second kappa shape index (κ2) is 8.93. The molecule has 3 heteroatoms. The Bertz CT molecular complexity index is 229. The molecule has 1 saturated carbocycles. The van der Waals surface area contributed by atoms with Gasteiger partial charge in [0.15, 0.2) is 0 Å². The molecule has 0 radical (unpaired) electrons. The molecule has 0 aromatic rings. The highest BCUT2D eigenvalue weighted by molar-refractivity contribution is 4.77. The van der Waals surface area contributed by atoms with Crippen LogP contribution in [0.25, 0.3) is 0 Å². The van der Waals surface area contributed by atoms with Gasteiger partial charge in [-0.2, -0.15) is 0 Å². The second-order valence-electron chi connectivity index (χ2n) is 6.16. The lowest BCUT2D eigenvalue weighted by Gasteiger charge is -2.29. The summed E-state index contributed by atoms with van der Waals surface area (Å²) in [5.74, 6) is 0.960. The fourth-order valence-corrected chi connectivity index (χ4v) is 3.32. The third-order valence-corrected chi connectivity index (χ3v) is 4.59. The van der Waals surface area contributed by atoms with Crippen LogP contribution >= 0.6 is 0 Å². The van der Waals surface area contributed by atoms with E-state index >= 15 is 0 Å². The molecule has 2 aliphatic rings. The van der Waals surface area contributed by atoms with Crippen LogP contribution in [0, 0.1) is 5.92 Å². The molecule has 3 nitrogen and oxygen atoms in total. The highest BCUT2D eigenvalue weighted by atomic mass is 16.5. The van der Waals surface area contributed by atoms with Gasteiger partial charge in [-0.3, -0.25) is 0 Å². The van der Waals surface area contributed by atoms with Crippen LogP contribution in [0.5, 0.6) is 0 Å². The zero-order valence-corrected chi connectivity index (χ0v) is 12.5. The number of hydrogen-bond donors (Lipinski definition) is 1. The Hall–Kier alpha value is -0.120. The average Bonchev–Trinajstić information content (AvgIpc) is 2.96. The molecule has 112 valence electrons. The summed E-state index contributed by atoms with van der Waals surface area (Å²) >= 11 is 0. The number of hydrogen-bond acceptors (Lipinski definition) is 3. The summed E-state index contributed by atoms with van der Waals surface area (Å²) in [5, 5.41) is 3.70. The van der Waals surface area contributed by atoms with Gasteiger partial charge in [0.25, 0.3) is 0 Å². The average molecular weight is 269 g/mol. The summed E-state index contributed by atoms with van der Waals surface area (Å²) in [5.41, 5.74) is 0. The molecule has 1 saturated heterocycles. The molecule has 2 fully saturated rings. The zero-order chi connectivity index (χ0) is 13.3. The first-order chi connectivity index (χ1) is 9.38. The van der Waals surface area contributed by atoms with Gasteiger partial charge in [-0.15, -0.1) is 0 Å². The van der Waals surface area contributed by atoms with Gasteiger partial charge < -0.3 is 14.8 Å². The van der Waals surface area contributed by atoms with Gasteiger partial charge in [0.2, 0.25) is 0 Å². The maximum absolute atomic E-state index is 5.68. The van der Waals surface area contributed by atoms with E-state index in [1.807, 2.05) is 0 Å². The van der Waals surface area contributed by atoms with Gasteiger partial charge in [0, 0.05) is 19.3 Å². The highest BCUT2D eigenvalue weighted by Crippen LogP contribution is 2.26. The zero-order valence-electron chi connectivity index (χ0n) is 12.5. The predicted molar refractivity (Wildman–Crippen MR) is 78.4 cm³/mol. The summed E-state index contributed by atoms with van der Waals surface area (Å²) < 4.78 is 11.2. The van der Waals surface area contributed by atoms with Crippen molar-refractivity contribution in [1.82, 2.24) is 5.32 Å². The van der Waals surface area contributed by atoms with Crippen LogP contribution in [0.15, 0.2) is 0 Å². The van der Waals surface area contributed by atoms with E-state index < -0.39 is 0 Å². The molecule has 0 aromatic carbocycles. The van der Waals surface area contributed by atoms with Crippen molar-refractivity contribution in [2.24, 2.45) is 5.92 Å². The Balaban J connectivity index is 1.43.